The minimum absolute atomic E-state index is 0.314. The van der Waals surface area contributed by atoms with Crippen LogP contribution in [0.4, 0.5) is 5.82 Å². The van der Waals surface area contributed by atoms with Gasteiger partial charge in [-0.05, 0) is 17.7 Å². The van der Waals surface area contributed by atoms with Gasteiger partial charge in [0.2, 0.25) is 0 Å². The normalized spacial score (nSPS) is 10.2. The third-order valence-corrected chi connectivity index (χ3v) is 3.45. The maximum absolute atomic E-state index is 11.4. The number of rotatable bonds is 4. The Bertz CT molecular complexity index is 590. The van der Waals surface area contributed by atoms with E-state index in [4.69, 9.17) is 11.6 Å². The van der Waals surface area contributed by atoms with Crippen LogP contribution in [0, 0.1) is 0 Å². The summed E-state index contributed by atoms with van der Waals surface area (Å²) in [7, 11) is 0. The number of hydrogen-bond acceptors (Lipinski definition) is 6. The standard InChI is InChI=1S/C12H13N5OS/c13-10-12(16-5-4-15-10)19-7-8-2-1-3-9(6-8)11(18)17-14/h1-6H,7,14H2,(H2,13,15)(H,17,18). The van der Waals surface area contributed by atoms with E-state index in [9.17, 15) is 4.79 Å². The molecule has 1 aromatic heterocycles. The highest BCUT2D eigenvalue weighted by atomic mass is 32.2. The average molecular weight is 275 g/mol. The van der Waals surface area contributed by atoms with Gasteiger partial charge >= 0.3 is 0 Å². The molecule has 1 aromatic carbocycles. The van der Waals surface area contributed by atoms with Crippen molar-refractivity contribution >= 4 is 23.5 Å². The third-order valence-electron chi connectivity index (χ3n) is 2.39. The van der Waals surface area contributed by atoms with Crippen LogP contribution >= 0.6 is 11.8 Å². The molecule has 0 spiro atoms. The van der Waals surface area contributed by atoms with E-state index >= 15 is 0 Å². The second kappa shape index (κ2) is 6.17. The van der Waals surface area contributed by atoms with E-state index in [-0.39, 0.29) is 5.91 Å². The lowest BCUT2D eigenvalue weighted by atomic mass is 10.1. The van der Waals surface area contributed by atoms with Crippen molar-refractivity contribution in [2.75, 3.05) is 5.73 Å². The first-order valence-corrected chi connectivity index (χ1v) is 6.48. The number of nitrogens with one attached hydrogen (secondary N) is 1. The Labute approximate surface area is 114 Å². The van der Waals surface area contributed by atoms with Crippen LogP contribution in [0.5, 0.6) is 0 Å². The van der Waals surface area contributed by atoms with E-state index < -0.39 is 0 Å². The van der Waals surface area contributed by atoms with E-state index in [1.807, 2.05) is 6.07 Å². The summed E-state index contributed by atoms with van der Waals surface area (Å²) in [6.45, 7) is 0. The molecular weight excluding hydrogens is 262 g/mol. The van der Waals surface area contributed by atoms with E-state index in [1.54, 1.807) is 30.6 Å². The molecule has 2 aromatic rings. The summed E-state index contributed by atoms with van der Waals surface area (Å²) >= 11 is 1.47. The van der Waals surface area contributed by atoms with Crippen LogP contribution in [-0.4, -0.2) is 15.9 Å². The molecule has 0 bridgehead atoms. The maximum atomic E-state index is 11.4. The summed E-state index contributed by atoms with van der Waals surface area (Å²) in [6.07, 6.45) is 3.14. The van der Waals surface area contributed by atoms with Crippen LogP contribution in [-0.2, 0) is 5.75 Å². The predicted molar refractivity (Wildman–Crippen MR) is 74.1 cm³/mol. The molecule has 1 amide bonds. The van der Waals surface area contributed by atoms with Crippen LogP contribution in [0.2, 0.25) is 0 Å². The highest BCUT2D eigenvalue weighted by molar-refractivity contribution is 7.98. The van der Waals surface area contributed by atoms with Crippen molar-refractivity contribution in [3.05, 3.63) is 47.8 Å². The van der Waals surface area contributed by atoms with E-state index in [0.29, 0.717) is 22.2 Å². The molecule has 5 N–H and O–H groups in total. The minimum Gasteiger partial charge on any atom is -0.381 e. The van der Waals surface area contributed by atoms with Gasteiger partial charge in [-0.3, -0.25) is 10.2 Å². The SMILES string of the molecule is NNC(=O)c1cccc(CSc2nccnc2N)c1. The molecule has 7 heteroatoms. The summed E-state index contributed by atoms with van der Waals surface area (Å²) in [5.41, 5.74) is 9.32. The molecule has 2 rings (SSSR count). The number of nitrogens with two attached hydrogens (primary N) is 2. The van der Waals surface area contributed by atoms with E-state index in [1.165, 1.54) is 11.8 Å². The van der Waals surface area contributed by atoms with Gasteiger partial charge < -0.3 is 5.73 Å². The number of hydrogen-bond donors (Lipinski definition) is 3. The van der Waals surface area contributed by atoms with Gasteiger partial charge in [-0.1, -0.05) is 23.9 Å². The Morgan fingerprint density at radius 2 is 2.11 bits per heavy atom. The van der Waals surface area contributed by atoms with Crippen LogP contribution in [0.25, 0.3) is 0 Å². The first-order valence-electron chi connectivity index (χ1n) is 5.50. The fourth-order valence-electron chi connectivity index (χ4n) is 1.48. The number of hydrazine groups is 1. The average Bonchev–Trinajstić information content (AvgIpc) is 2.46. The van der Waals surface area contributed by atoms with Gasteiger partial charge in [0.05, 0.1) is 0 Å². The van der Waals surface area contributed by atoms with Crippen molar-refractivity contribution < 1.29 is 4.79 Å². The molecule has 0 radical (unpaired) electrons. The molecule has 0 saturated heterocycles. The monoisotopic (exact) mass is 275 g/mol. The van der Waals surface area contributed by atoms with Gasteiger partial charge in [0.25, 0.3) is 5.91 Å². The fourth-order valence-corrected chi connectivity index (χ4v) is 2.30. The van der Waals surface area contributed by atoms with Gasteiger partial charge in [0.1, 0.15) is 5.03 Å². The largest absolute Gasteiger partial charge is 0.381 e. The lowest BCUT2D eigenvalue weighted by Crippen LogP contribution is -2.29. The van der Waals surface area contributed by atoms with Gasteiger partial charge in [-0.25, -0.2) is 15.8 Å². The number of nitrogens with zero attached hydrogens (tertiary/aromatic N) is 2. The second-order valence-corrected chi connectivity index (χ2v) is 4.67. The zero-order chi connectivity index (χ0) is 13.7. The molecule has 0 aliphatic carbocycles. The first kappa shape index (κ1) is 13.3. The zero-order valence-corrected chi connectivity index (χ0v) is 10.9. The van der Waals surface area contributed by atoms with E-state index in [0.717, 1.165) is 5.56 Å². The Morgan fingerprint density at radius 1 is 1.32 bits per heavy atom. The minimum atomic E-state index is -0.314. The van der Waals surface area contributed by atoms with Crippen LogP contribution in [0.3, 0.4) is 0 Å². The molecule has 98 valence electrons. The van der Waals surface area contributed by atoms with Gasteiger partial charge in [-0.2, -0.15) is 0 Å². The third kappa shape index (κ3) is 3.43. The van der Waals surface area contributed by atoms with Crippen molar-refractivity contribution in [3.8, 4) is 0 Å². The predicted octanol–water partition coefficient (Wildman–Crippen LogP) is 0.955. The number of aromatic nitrogens is 2. The number of benzene rings is 1. The fraction of sp³-hybridized carbons (Fsp3) is 0.0833. The number of nitrogen functional groups attached to an aromatic ring is 2. The Hall–Kier alpha value is -2.12. The molecule has 0 saturated carbocycles. The van der Waals surface area contributed by atoms with Gasteiger partial charge in [0, 0.05) is 23.7 Å². The molecule has 0 aliphatic rings. The van der Waals surface area contributed by atoms with Crippen molar-refractivity contribution in [3.63, 3.8) is 0 Å². The lowest BCUT2D eigenvalue weighted by Gasteiger charge is -2.05. The molecule has 0 aliphatic heterocycles. The number of thioether (sulfide) groups is 1. The van der Waals surface area contributed by atoms with Crippen LogP contribution in [0.1, 0.15) is 15.9 Å². The van der Waals surface area contributed by atoms with Crippen LogP contribution in [0.15, 0.2) is 41.7 Å². The molecular formula is C12H13N5OS. The number of carbonyl (C=O) groups is 1. The molecule has 0 fully saturated rings. The number of carbonyl (C=O) groups excluding carboxylic acids is 1. The molecule has 1 heterocycles. The highest BCUT2D eigenvalue weighted by Gasteiger charge is 2.06. The van der Waals surface area contributed by atoms with Crippen molar-refractivity contribution in [2.24, 2.45) is 5.84 Å². The molecule has 6 nitrogen and oxygen atoms in total. The summed E-state index contributed by atoms with van der Waals surface area (Å²) < 4.78 is 0. The van der Waals surface area contributed by atoms with Gasteiger partial charge in [0.15, 0.2) is 5.82 Å². The quantitative estimate of drug-likeness (QED) is 0.332. The molecule has 0 atom stereocenters. The van der Waals surface area contributed by atoms with Crippen molar-refractivity contribution in [1.29, 1.82) is 0 Å². The maximum Gasteiger partial charge on any atom is 0.265 e. The van der Waals surface area contributed by atoms with Crippen molar-refractivity contribution in [2.45, 2.75) is 10.8 Å². The van der Waals surface area contributed by atoms with E-state index in [2.05, 4.69) is 15.4 Å². The second-order valence-electron chi connectivity index (χ2n) is 3.71. The summed E-state index contributed by atoms with van der Waals surface area (Å²) in [5.74, 6) is 5.84. The zero-order valence-electron chi connectivity index (χ0n) is 10.0. The van der Waals surface area contributed by atoms with Crippen LogP contribution < -0.4 is 17.0 Å². The topological polar surface area (TPSA) is 107 Å². The first-order chi connectivity index (χ1) is 9.20. The smallest absolute Gasteiger partial charge is 0.265 e. The Kier molecular flexibility index (Phi) is 4.32. The lowest BCUT2D eigenvalue weighted by molar-refractivity contribution is 0.0953. The highest BCUT2D eigenvalue weighted by Crippen LogP contribution is 2.24. The number of amides is 1. The summed E-state index contributed by atoms with van der Waals surface area (Å²) in [4.78, 5) is 19.5. The van der Waals surface area contributed by atoms with Crippen molar-refractivity contribution in [1.82, 2.24) is 15.4 Å². The van der Waals surface area contributed by atoms with Gasteiger partial charge in [-0.15, -0.1) is 0 Å². The summed E-state index contributed by atoms with van der Waals surface area (Å²) in [6, 6.07) is 7.21. The Balaban J connectivity index is 2.08. The summed E-state index contributed by atoms with van der Waals surface area (Å²) in [5, 5.41) is 0.677. The molecule has 19 heavy (non-hydrogen) atoms. The molecule has 0 unspecified atom stereocenters. The Morgan fingerprint density at radius 3 is 2.84 bits per heavy atom. The number of anilines is 1.